The zero-order valence-electron chi connectivity index (χ0n) is 10.1. The SMILES string of the molecule is COC(=O)/C=C/c1cncc(/C=C/C(=O)OC)c1. The molecule has 1 rings (SSSR count). The summed E-state index contributed by atoms with van der Waals surface area (Å²) in [5.74, 6) is -0.879. The average Bonchev–Trinajstić information content (AvgIpc) is 2.42. The van der Waals surface area contributed by atoms with Gasteiger partial charge in [-0.1, -0.05) is 0 Å². The van der Waals surface area contributed by atoms with Crippen molar-refractivity contribution in [2.45, 2.75) is 0 Å². The Hall–Kier alpha value is -2.43. The Bertz CT molecular complexity index is 450. The van der Waals surface area contributed by atoms with Crippen LogP contribution in [0.3, 0.4) is 0 Å². The molecule has 1 aromatic rings. The molecule has 0 radical (unpaired) electrons. The van der Waals surface area contributed by atoms with Crippen LogP contribution in [0.25, 0.3) is 12.2 Å². The summed E-state index contributed by atoms with van der Waals surface area (Å²) in [4.78, 5) is 25.8. The lowest BCUT2D eigenvalue weighted by atomic mass is 10.2. The number of hydrogen-bond donors (Lipinski definition) is 0. The quantitative estimate of drug-likeness (QED) is 0.595. The Kier molecular flexibility index (Phi) is 5.31. The summed E-state index contributed by atoms with van der Waals surface area (Å²) in [6, 6.07) is 1.77. The highest BCUT2D eigenvalue weighted by molar-refractivity contribution is 5.88. The Morgan fingerprint density at radius 3 is 1.83 bits per heavy atom. The summed E-state index contributed by atoms with van der Waals surface area (Å²) in [5.41, 5.74) is 1.46. The van der Waals surface area contributed by atoms with Gasteiger partial charge in [0.05, 0.1) is 14.2 Å². The number of rotatable bonds is 4. The van der Waals surface area contributed by atoms with E-state index in [0.717, 1.165) is 11.1 Å². The molecule has 0 aromatic carbocycles. The van der Waals surface area contributed by atoms with Crippen molar-refractivity contribution in [3.63, 3.8) is 0 Å². The third-order valence-corrected chi connectivity index (χ3v) is 2.01. The van der Waals surface area contributed by atoms with Gasteiger partial charge in [0.25, 0.3) is 0 Å². The van der Waals surface area contributed by atoms with Crippen LogP contribution in [0.2, 0.25) is 0 Å². The van der Waals surface area contributed by atoms with Crippen LogP contribution in [0, 0.1) is 0 Å². The number of nitrogens with zero attached hydrogens (tertiary/aromatic N) is 1. The van der Waals surface area contributed by atoms with Crippen LogP contribution in [-0.4, -0.2) is 31.1 Å². The third kappa shape index (κ3) is 4.61. The van der Waals surface area contributed by atoms with Gasteiger partial charge in [-0.15, -0.1) is 0 Å². The average molecular weight is 247 g/mol. The fraction of sp³-hybridized carbons (Fsp3) is 0.154. The maximum absolute atomic E-state index is 10.9. The van der Waals surface area contributed by atoms with Gasteiger partial charge in [0.1, 0.15) is 0 Å². The molecule has 0 fully saturated rings. The molecule has 0 amide bonds. The van der Waals surface area contributed by atoms with Crippen LogP contribution in [0.4, 0.5) is 0 Å². The van der Waals surface area contributed by atoms with E-state index < -0.39 is 11.9 Å². The maximum Gasteiger partial charge on any atom is 0.330 e. The van der Waals surface area contributed by atoms with E-state index in [1.807, 2.05) is 0 Å². The largest absolute Gasteiger partial charge is 0.466 e. The van der Waals surface area contributed by atoms with E-state index in [1.165, 1.54) is 26.4 Å². The molecule has 0 aliphatic rings. The zero-order chi connectivity index (χ0) is 13.4. The first-order valence-electron chi connectivity index (χ1n) is 5.13. The molecule has 5 nitrogen and oxygen atoms in total. The standard InChI is InChI=1S/C13H13NO4/c1-17-12(15)5-3-10-7-11(9-14-8-10)4-6-13(16)18-2/h3-9H,1-2H3/b5-3+,6-4+. The Morgan fingerprint density at radius 2 is 1.44 bits per heavy atom. The van der Waals surface area contributed by atoms with Crippen molar-refractivity contribution in [3.05, 3.63) is 41.7 Å². The van der Waals surface area contributed by atoms with Crippen LogP contribution in [0.5, 0.6) is 0 Å². The van der Waals surface area contributed by atoms with Crippen molar-refractivity contribution in [3.8, 4) is 0 Å². The fourth-order valence-corrected chi connectivity index (χ4v) is 1.12. The monoisotopic (exact) mass is 247 g/mol. The van der Waals surface area contributed by atoms with Gasteiger partial charge in [0.2, 0.25) is 0 Å². The van der Waals surface area contributed by atoms with E-state index in [-0.39, 0.29) is 0 Å². The van der Waals surface area contributed by atoms with Crippen LogP contribution in [0.15, 0.2) is 30.6 Å². The summed E-state index contributed by atoms with van der Waals surface area (Å²) >= 11 is 0. The van der Waals surface area contributed by atoms with Gasteiger partial charge in [0, 0.05) is 24.5 Å². The molecule has 0 saturated carbocycles. The second-order valence-corrected chi connectivity index (χ2v) is 3.26. The molecule has 0 saturated heterocycles. The Balaban J connectivity index is 2.79. The molecule has 0 spiro atoms. The Labute approximate surface area is 105 Å². The van der Waals surface area contributed by atoms with Crippen molar-refractivity contribution in [2.24, 2.45) is 0 Å². The van der Waals surface area contributed by atoms with Crippen LogP contribution in [0.1, 0.15) is 11.1 Å². The van der Waals surface area contributed by atoms with Gasteiger partial charge in [-0.2, -0.15) is 0 Å². The summed E-state index contributed by atoms with van der Waals surface area (Å²) < 4.78 is 8.95. The van der Waals surface area contributed by atoms with Crippen molar-refractivity contribution in [1.29, 1.82) is 0 Å². The highest BCUT2D eigenvalue weighted by Gasteiger charge is 1.95. The molecule has 18 heavy (non-hydrogen) atoms. The first-order valence-corrected chi connectivity index (χ1v) is 5.13. The zero-order valence-corrected chi connectivity index (χ0v) is 10.1. The number of esters is 2. The van der Waals surface area contributed by atoms with Gasteiger partial charge >= 0.3 is 11.9 Å². The second-order valence-electron chi connectivity index (χ2n) is 3.26. The van der Waals surface area contributed by atoms with Crippen molar-refractivity contribution < 1.29 is 19.1 Å². The lowest BCUT2D eigenvalue weighted by Gasteiger charge is -1.96. The maximum atomic E-state index is 10.9. The molecule has 0 atom stereocenters. The van der Waals surface area contributed by atoms with E-state index in [9.17, 15) is 9.59 Å². The predicted molar refractivity (Wildman–Crippen MR) is 66.3 cm³/mol. The van der Waals surface area contributed by atoms with Gasteiger partial charge < -0.3 is 9.47 Å². The molecule has 0 bridgehead atoms. The summed E-state index contributed by atoms with van der Waals surface area (Å²) in [6.07, 6.45) is 8.93. The predicted octanol–water partition coefficient (Wildman–Crippen LogP) is 1.45. The summed E-state index contributed by atoms with van der Waals surface area (Å²) in [5, 5.41) is 0. The molecule has 94 valence electrons. The minimum atomic E-state index is -0.439. The lowest BCUT2D eigenvalue weighted by molar-refractivity contribution is -0.135. The second kappa shape index (κ2) is 7.01. The molecule has 1 heterocycles. The van der Waals surface area contributed by atoms with E-state index >= 15 is 0 Å². The van der Waals surface area contributed by atoms with Gasteiger partial charge in [-0.3, -0.25) is 4.98 Å². The minimum absolute atomic E-state index is 0.439. The number of ether oxygens (including phenoxy) is 2. The van der Waals surface area contributed by atoms with Crippen molar-refractivity contribution in [1.82, 2.24) is 4.98 Å². The first-order chi connectivity index (χ1) is 8.65. The number of hydrogen-bond acceptors (Lipinski definition) is 5. The van der Waals surface area contributed by atoms with E-state index in [2.05, 4.69) is 14.5 Å². The number of aromatic nitrogens is 1. The molecule has 0 aliphatic carbocycles. The van der Waals surface area contributed by atoms with Crippen LogP contribution >= 0.6 is 0 Å². The highest BCUT2D eigenvalue weighted by Crippen LogP contribution is 2.07. The lowest BCUT2D eigenvalue weighted by Crippen LogP contribution is -1.94. The van der Waals surface area contributed by atoms with Crippen molar-refractivity contribution in [2.75, 3.05) is 14.2 Å². The van der Waals surface area contributed by atoms with E-state index in [1.54, 1.807) is 30.6 Å². The fourth-order valence-electron chi connectivity index (χ4n) is 1.12. The van der Waals surface area contributed by atoms with Gasteiger partial charge in [-0.25, -0.2) is 9.59 Å². The van der Waals surface area contributed by atoms with E-state index in [0.29, 0.717) is 0 Å². The number of methoxy groups -OCH3 is 2. The molecule has 0 N–H and O–H groups in total. The smallest absolute Gasteiger partial charge is 0.330 e. The highest BCUT2D eigenvalue weighted by atomic mass is 16.5. The number of pyridine rings is 1. The van der Waals surface area contributed by atoms with Gasteiger partial charge in [0.15, 0.2) is 0 Å². The molecular weight excluding hydrogens is 234 g/mol. The Morgan fingerprint density at radius 1 is 1.00 bits per heavy atom. The van der Waals surface area contributed by atoms with Gasteiger partial charge in [-0.05, 0) is 29.3 Å². The summed E-state index contributed by atoms with van der Waals surface area (Å²) in [7, 11) is 2.61. The normalized spacial score (nSPS) is 10.8. The number of carbonyl (C=O) groups excluding carboxylic acids is 2. The molecule has 5 heteroatoms. The molecule has 0 aliphatic heterocycles. The molecule has 1 aromatic heterocycles. The molecule has 0 unspecified atom stereocenters. The molecular formula is C13H13NO4. The summed E-state index contributed by atoms with van der Waals surface area (Å²) in [6.45, 7) is 0. The van der Waals surface area contributed by atoms with Crippen LogP contribution in [-0.2, 0) is 19.1 Å². The van der Waals surface area contributed by atoms with E-state index in [4.69, 9.17) is 0 Å². The first kappa shape index (κ1) is 13.6. The third-order valence-electron chi connectivity index (χ3n) is 2.01. The number of carbonyl (C=O) groups is 2. The minimum Gasteiger partial charge on any atom is -0.466 e. The van der Waals surface area contributed by atoms with Crippen molar-refractivity contribution >= 4 is 24.1 Å². The topological polar surface area (TPSA) is 65.5 Å². The van der Waals surface area contributed by atoms with Crippen LogP contribution < -0.4 is 0 Å².